The molecule has 8 heteroatoms. The Morgan fingerprint density at radius 2 is 1.23 bits per heavy atom. The second-order valence-corrected chi connectivity index (χ2v) is 6.87. The molecular formula is C22H27FN2O5. The molecule has 0 amide bonds. The summed E-state index contributed by atoms with van der Waals surface area (Å²) in [7, 11) is 0. The number of rotatable bonds is 6. The SMILES string of the molecule is CCOc1ccc(CN2CCN(Cc3ccc(F)cc3)CC2)cc1.O=C(O)C(=O)O. The molecule has 3 rings (SSSR count). The molecule has 162 valence electrons. The molecule has 30 heavy (non-hydrogen) atoms. The molecule has 0 spiro atoms. The van der Waals surface area contributed by atoms with Crippen LogP contribution in [0.3, 0.4) is 0 Å². The lowest BCUT2D eigenvalue weighted by Gasteiger charge is -2.34. The van der Waals surface area contributed by atoms with Crippen LogP contribution in [0.4, 0.5) is 4.39 Å². The first kappa shape index (κ1) is 23.3. The van der Waals surface area contributed by atoms with E-state index in [0.717, 1.165) is 45.0 Å². The fourth-order valence-corrected chi connectivity index (χ4v) is 3.07. The van der Waals surface area contributed by atoms with Crippen molar-refractivity contribution >= 4 is 11.9 Å². The first-order chi connectivity index (χ1) is 14.4. The number of hydrogen-bond acceptors (Lipinski definition) is 5. The topological polar surface area (TPSA) is 90.3 Å². The largest absolute Gasteiger partial charge is 0.494 e. The quantitative estimate of drug-likeness (QED) is 0.697. The van der Waals surface area contributed by atoms with E-state index < -0.39 is 11.9 Å². The van der Waals surface area contributed by atoms with E-state index in [1.807, 2.05) is 31.2 Å². The first-order valence-corrected chi connectivity index (χ1v) is 9.74. The predicted molar refractivity (Wildman–Crippen MR) is 110 cm³/mol. The summed E-state index contributed by atoms with van der Waals surface area (Å²) >= 11 is 0. The minimum atomic E-state index is -1.82. The first-order valence-electron chi connectivity index (χ1n) is 9.74. The molecule has 0 bridgehead atoms. The van der Waals surface area contributed by atoms with Gasteiger partial charge in [-0.15, -0.1) is 0 Å². The van der Waals surface area contributed by atoms with Crippen LogP contribution < -0.4 is 4.74 Å². The van der Waals surface area contributed by atoms with Gasteiger partial charge in [0.15, 0.2) is 0 Å². The van der Waals surface area contributed by atoms with Crippen molar-refractivity contribution < 1.29 is 28.9 Å². The third kappa shape index (κ3) is 8.18. The molecule has 0 aromatic heterocycles. The van der Waals surface area contributed by atoms with Gasteiger partial charge in [0.25, 0.3) is 0 Å². The van der Waals surface area contributed by atoms with E-state index in [0.29, 0.717) is 6.61 Å². The molecule has 1 fully saturated rings. The Kier molecular flexibility index (Phi) is 9.24. The molecule has 1 aliphatic heterocycles. The molecule has 7 nitrogen and oxygen atoms in total. The van der Waals surface area contributed by atoms with Gasteiger partial charge in [-0.1, -0.05) is 24.3 Å². The minimum Gasteiger partial charge on any atom is -0.494 e. The number of carbonyl (C=O) groups is 2. The van der Waals surface area contributed by atoms with Gasteiger partial charge in [0.2, 0.25) is 0 Å². The van der Waals surface area contributed by atoms with Gasteiger partial charge in [0.05, 0.1) is 6.61 Å². The van der Waals surface area contributed by atoms with Crippen LogP contribution in [0.25, 0.3) is 0 Å². The van der Waals surface area contributed by atoms with Crippen molar-refractivity contribution in [2.45, 2.75) is 20.0 Å². The highest BCUT2D eigenvalue weighted by Gasteiger charge is 2.17. The molecule has 1 saturated heterocycles. The maximum Gasteiger partial charge on any atom is 0.414 e. The van der Waals surface area contributed by atoms with Crippen LogP contribution in [-0.4, -0.2) is 64.7 Å². The van der Waals surface area contributed by atoms with Crippen molar-refractivity contribution in [3.05, 3.63) is 65.5 Å². The molecule has 0 atom stereocenters. The van der Waals surface area contributed by atoms with Crippen molar-refractivity contribution in [3.63, 3.8) is 0 Å². The number of carboxylic acids is 2. The fourth-order valence-electron chi connectivity index (χ4n) is 3.07. The molecule has 1 aliphatic rings. The van der Waals surface area contributed by atoms with Gasteiger partial charge >= 0.3 is 11.9 Å². The highest BCUT2D eigenvalue weighted by atomic mass is 19.1. The van der Waals surface area contributed by atoms with Crippen molar-refractivity contribution in [2.24, 2.45) is 0 Å². The molecule has 0 unspecified atom stereocenters. The van der Waals surface area contributed by atoms with E-state index in [1.54, 1.807) is 0 Å². The Hall–Kier alpha value is -2.97. The summed E-state index contributed by atoms with van der Waals surface area (Å²) in [6, 6.07) is 15.2. The van der Waals surface area contributed by atoms with Crippen LogP contribution in [0, 0.1) is 5.82 Å². The van der Waals surface area contributed by atoms with Crippen molar-refractivity contribution in [3.8, 4) is 5.75 Å². The molecule has 0 saturated carbocycles. The van der Waals surface area contributed by atoms with E-state index in [4.69, 9.17) is 24.5 Å². The lowest BCUT2D eigenvalue weighted by atomic mass is 10.1. The van der Waals surface area contributed by atoms with Gasteiger partial charge in [0.1, 0.15) is 11.6 Å². The Morgan fingerprint density at radius 3 is 1.60 bits per heavy atom. The summed E-state index contributed by atoms with van der Waals surface area (Å²) in [5, 5.41) is 14.8. The van der Waals surface area contributed by atoms with Gasteiger partial charge < -0.3 is 14.9 Å². The zero-order valence-corrected chi connectivity index (χ0v) is 17.0. The molecule has 2 aromatic carbocycles. The molecule has 2 N–H and O–H groups in total. The van der Waals surface area contributed by atoms with Crippen molar-refractivity contribution in [1.29, 1.82) is 0 Å². The summed E-state index contributed by atoms with van der Waals surface area (Å²) in [6.45, 7) is 8.81. The highest BCUT2D eigenvalue weighted by Crippen LogP contribution is 2.15. The summed E-state index contributed by atoms with van der Waals surface area (Å²) in [4.78, 5) is 23.1. The number of hydrogen-bond donors (Lipinski definition) is 2. The number of piperazine rings is 1. The summed E-state index contributed by atoms with van der Waals surface area (Å²) in [5.74, 6) is -2.88. The smallest absolute Gasteiger partial charge is 0.414 e. The number of halogens is 1. The maximum atomic E-state index is 13.0. The minimum absolute atomic E-state index is 0.168. The number of nitrogens with zero attached hydrogens (tertiary/aromatic N) is 2. The number of aliphatic carboxylic acids is 2. The van der Waals surface area contributed by atoms with Gasteiger partial charge in [-0.25, -0.2) is 14.0 Å². The number of ether oxygens (including phenoxy) is 1. The summed E-state index contributed by atoms with van der Waals surface area (Å²) < 4.78 is 18.4. The second-order valence-electron chi connectivity index (χ2n) is 6.87. The van der Waals surface area contributed by atoms with Gasteiger partial charge in [-0.05, 0) is 42.3 Å². The zero-order valence-electron chi connectivity index (χ0n) is 17.0. The van der Waals surface area contributed by atoms with Gasteiger partial charge in [-0.2, -0.15) is 0 Å². The van der Waals surface area contributed by atoms with Crippen LogP contribution in [-0.2, 0) is 22.7 Å². The van der Waals surface area contributed by atoms with Crippen molar-refractivity contribution in [2.75, 3.05) is 32.8 Å². The van der Waals surface area contributed by atoms with Crippen LogP contribution in [0.5, 0.6) is 5.75 Å². The van der Waals surface area contributed by atoms with E-state index in [1.165, 1.54) is 23.3 Å². The Labute approximate surface area is 175 Å². The third-order valence-electron chi connectivity index (χ3n) is 4.61. The monoisotopic (exact) mass is 418 g/mol. The normalized spacial score (nSPS) is 14.5. The van der Waals surface area contributed by atoms with Gasteiger partial charge in [0, 0.05) is 39.3 Å². The van der Waals surface area contributed by atoms with E-state index >= 15 is 0 Å². The second kappa shape index (κ2) is 11.9. The van der Waals surface area contributed by atoms with E-state index in [-0.39, 0.29) is 5.82 Å². The van der Waals surface area contributed by atoms with Gasteiger partial charge in [-0.3, -0.25) is 9.80 Å². The lowest BCUT2D eigenvalue weighted by Crippen LogP contribution is -2.45. The summed E-state index contributed by atoms with van der Waals surface area (Å²) in [5.41, 5.74) is 2.50. The van der Waals surface area contributed by atoms with Crippen LogP contribution in [0.15, 0.2) is 48.5 Å². The molecule has 1 heterocycles. The maximum absolute atomic E-state index is 13.0. The predicted octanol–water partition coefficient (Wildman–Crippen LogP) is 2.70. The Balaban J connectivity index is 0.000000469. The van der Waals surface area contributed by atoms with Crippen LogP contribution in [0.1, 0.15) is 18.1 Å². The van der Waals surface area contributed by atoms with Crippen molar-refractivity contribution in [1.82, 2.24) is 9.80 Å². The average molecular weight is 418 g/mol. The molecule has 0 radical (unpaired) electrons. The summed E-state index contributed by atoms with van der Waals surface area (Å²) in [6.07, 6.45) is 0. The molecule has 2 aromatic rings. The average Bonchev–Trinajstić information content (AvgIpc) is 2.73. The van der Waals surface area contributed by atoms with Crippen LogP contribution in [0.2, 0.25) is 0 Å². The standard InChI is InChI=1S/C20H25FN2O.C2H2O4/c1-2-24-20-9-5-18(6-10-20)16-23-13-11-22(12-14-23)15-17-3-7-19(21)8-4-17;3-1(4)2(5)6/h3-10H,2,11-16H2,1H3;(H,3,4)(H,5,6). The number of benzene rings is 2. The fraction of sp³-hybridized carbons (Fsp3) is 0.364. The third-order valence-corrected chi connectivity index (χ3v) is 4.61. The van der Waals surface area contributed by atoms with E-state index in [9.17, 15) is 4.39 Å². The zero-order chi connectivity index (χ0) is 21.9. The molecular weight excluding hydrogens is 391 g/mol. The van der Waals surface area contributed by atoms with E-state index in [2.05, 4.69) is 21.9 Å². The molecule has 0 aliphatic carbocycles. The van der Waals surface area contributed by atoms with Crippen LogP contribution >= 0.6 is 0 Å². The Morgan fingerprint density at radius 1 is 0.833 bits per heavy atom. The number of carboxylic acid groups (broad SMARTS) is 2. The Bertz CT molecular complexity index is 791. The highest BCUT2D eigenvalue weighted by molar-refractivity contribution is 6.27. The lowest BCUT2D eigenvalue weighted by molar-refractivity contribution is -0.159.